The lowest BCUT2D eigenvalue weighted by Gasteiger charge is -2.22. The molecule has 1 fully saturated rings. The summed E-state index contributed by atoms with van der Waals surface area (Å²) in [5, 5.41) is 8.93. The van der Waals surface area contributed by atoms with Gasteiger partial charge >= 0.3 is 5.97 Å². The van der Waals surface area contributed by atoms with Crippen LogP contribution in [0.5, 0.6) is 0 Å². The minimum Gasteiger partial charge on any atom is -0.478 e. The number of sulfonamides is 1. The molecule has 2 aromatic carbocycles. The summed E-state index contributed by atoms with van der Waals surface area (Å²) in [7, 11) is -3.50. The van der Waals surface area contributed by atoms with Crippen LogP contribution in [0.3, 0.4) is 0 Å². The average molecular weight is 359 g/mol. The first-order chi connectivity index (χ1) is 12.0. The number of carboxylic acid groups (broad SMARTS) is 1. The van der Waals surface area contributed by atoms with Gasteiger partial charge in [-0.15, -0.1) is 0 Å². The van der Waals surface area contributed by atoms with E-state index in [0.29, 0.717) is 0 Å². The molecule has 5 nitrogen and oxygen atoms in total. The predicted molar refractivity (Wildman–Crippen MR) is 96.0 cm³/mol. The Hall–Kier alpha value is -2.18. The maximum Gasteiger partial charge on any atom is 0.335 e. The van der Waals surface area contributed by atoms with Crippen molar-refractivity contribution in [3.05, 3.63) is 54.1 Å². The third kappa shape index (κ3) is 4.27. The smallest absolute Gasteiger partial charge is 0.335 e. The zero-order chi connectivity index (χ0) is 17.9. The normalized spacial score (nSPS) is 15.8. The van der Waals surface area contributed by atoms with Crippen LogP contribution in [-0.2, 0) is 10.0 Å². The Bertz CT molecular complexity index is 836. The molecule has 0 radical (unpaired) electrons. The standard InChI is InChI=1S/C19H21NO4S/c21-19(22)16-8-6-14(7-9-16)15-10-12-18(13-11-15)25(23,24)20-17-4-2-1-3-5-17/h6-13,17,20H,1-5H2,(H,21,22). The van der Waals surface area contributed by atoms with Gasteiger partial charge in [0.25, 0.3) is 0 Å². The highest BCUT2D eigenvalue weighted by molar-refractivity contribution is 7.89. The molecule has 3 rings (SSSR count). The fraction of sp³-hybridized carbons (Fsp3) is 0.316. The molecule has 25 heavy (non-hydrogen) atoms. The van der Waals surface area contributed by atoms with Crippen molar-refractivity contribution in [1.82, 2.24) is 4.72 Å². The van der Waals surface area contributed by atoms with E-state index in [2.05, 4.69) is 4.72 Å². The second-order valence-corrected chi connectivity index (χ2v) is 8.08. The van der Waals surface area contributed by atoms with Gasteiger partial charge in [-0.1, -0.05) is 43.5 Å². The summed E-state index contributed by atoms with van der Waals surface area (Å²) >= 11 is 0. The molecule has 0 saturated heterocycles. The average Bonchev–Trinajstić information content (AvgIpc) is 2.62. The third-order valence-corrected chi connectivity index (χ3v) is 6.09. The van der Waals surface area contributed by atoms with Crippen molar-refractivity contribution in [2.24, 2.45) is 0 Å². The number of hydrogen-bond donors (Lipinski definition) is 2. The summed E-state index contributed by atoms with van der Waals surface area (Å²) in [5.41, 5.74) is 1.90. The quantitative estimate of drug-likeness (QED) is 0.853. The number of aromatic carboxylic acids is 1. The van der Waals surface area contributed by atoms with Crippen molar-refractivity contribution in [3.8, 4) is 11.1 Å². The molecule has 0 amide bonds. The van der Waals surface area contributed by atoms with Gasteiger partial charge in [-0.05, 0) is 48.2 Å². The zero-order valence-corrected chi connectivity index (χ0v) is 14.6. The lowest BCUT2D eigenvalue weighted by atomic mass is 9.96. The fourth-order valence-corrected chi connectivity index (χ4v) is 4.44. The van der Waals surface area contributed by atoms with E-state index >= 15 is 0 Å². The molecule has 0 unspecified atom stereocenters. The van der Waals surface area contributed by atoms with Gasteiger partial charge in [0.1, 0.15) is 0 Å². The number of carboxylic acids is 1. The number of hydrogen-bond acceptors (Lipinski definition) is 3. The van der Waals surface area contributed by atoms with Gasteiger partial charge in [-0.3, -0.25) is 0 Å². The molecule has 1 aliphatic carbocycles. The van der Waals surface area contributed by atoms with Crippen LogP contribution < -0.4 is 4.72 Å². The molecule has 0 spiro atoms. The van der Waals surface area contributed by atoms with Crippen LogP contribution in [0.25, 0.3) is 11.1 Å². The minimum absolute atomic E-state index is 0.0296. The number of nitrogens with one attached hydrogen (secondary N) is 1. The van der Waals surface area contributed by atoms with E-state index < -0.39 is 16.0 Å². The lowest BCUT2D eigenvalue weighted by Crippen LogP contribution is -2.36. The molecule has 0 aliphatic heterocycles. The monoisotopic (exact) mass is 359 g/mol. The van der Waals surface area contributed by atoms with Crippen LogP contribution in [-0.4, -0.2) is 25.5 Å². The maximum atomic E-state index is 12.5. The van der Waals surface area contributed by atoms with E-state index in [9.17, 15) is 13.2 Å². The Balaban J connectivity index is 1.75. The van der Waals surface area contributed by atoms with E-state index in [1.54, 1.807) is 36.4 Å². The summed E-state index contributed by atoms with van der Waals surface area (Å²) in [4.78, 5) is 11.1. The van der Waals surface area contributed by atoms with Gasteiger partial charge in [0, 0.05) is 6.04 Å². The van der Waals surface area contributed by atoms with Gasteiger partial charge < -0.3 is 5.11 Å². The van der Waals surface area contributed by atoms with Crippen LogP contribution in [0.15, 0.2) is 53.4 Å². The molecule has 0 aromatic heterocycles. The molecule has 1 saturated carbocycles. The maximum absolute atomic E-state index is 12.5. The summed E-state index contributed by atoms with van der Waals surface area (Å²) < 4.78 is 27.8. The molecule has 0 heterocycles. The largest absolute Gasteiger partial charge is 0.478 e. The van der Waals surface area contributed by atoms with E-state index in [1.165, 1.54) is 18.6 Å². The van der Waals surface area contributed by atoms with Crippen molar-refractivity contribution in [3.63, 3.8) is 0 Å². The Kier molecular flexibility index (Phi) is 5.20. The van der Waals surface area contributed by atoms with E-state index in [0.717, 1.165) is 36.8 Å². The topological polar surface area (TPSA) is 83.5 Å². The number of carbonyl (C=O) groups is 1. The Morgan fingerprint density at radius 1 is 0.880 bits per heavy atom. The molecule has 0 atom stereocenters. The van der Waals surface area contributed by atoms with E-state index in [4.69, 9.17) is 5.11 Å². The molecule has 1 aliphatic rings. The summed E-state index contributed by atoms with van der Waals surface area (Å²) in [6.07, 6.45) is 5.10. The highest BCUT2D eigenvalue weighted by atomic mass is 32.2. The van der Waals surface area contributed by atoms with Gasteiger partial charge in [-0.2, -0.15) is 0 Å². The second kappa shape index (κ2) is 7.37. The van der Waals surface area contributed by atoms with Crippen LogP contribution in [0.4, 0.5) is 0 Å². The van der Waals surface area contributed by atoms with Gasteiger partial charge in [0.15, 0.2) is 0 Å². The SMILES string of the molecule is O=C(O)c1ccc(-c2ccc(S(=O)(=O)NC3CCCCC3)cc2)cc1. The van der Waals surface area contributed by atoms with Gasteiger partial charge in [0.05, 0.1) is 10.5 Å². The lowest BCUT2D eigenvalue weighted by molar-refractivity contribution is 0.0697. The van der Waals surface area contributed by atoms with Crippen molar-refractivity contribution >= 4 is 16.0 Å². The molecule has 132 valence electrons. The zero-order valence-electron chi connectivity index (χ0n) is 13.8. The van der Waals surface area contributed by atoms with Gasteiger partial charge in [0.2, 0.25) is 10.0 Å². The van der Waals surface area contributed by atoms with Crippen molar-refractivity contribution in [1.29, 1.82) is 0 Å². The van der Waals surface area contributed by atoms with E-state index in [1.807, 2.05) is 0 Å². The van der Waals surface area contributed by atoms with Gasteiger partial charge in [-0.25, -0.2) is 17.9 Å². The van der Waals surface area contributed by atoms with Crippen molar-refractivity contribution in [2.75, 3.05) is 0 Å². The molecule has 6 heteroatoms. The molecular formula is C19H21NO4S. The Morgan fingerprint density at radius 2 is 1.40 bits per heavy atom. The Morgan fingerprint density at radius 3 is 1.92 bits per heavy atom. The van der Waals surface area contributed by atoms with Crippen LogP contribution in [0.1, 0.15) is 42.5 Å². The van der Waals surface area contributed by atoms with Crippen LogP contribution >= 0.6 is 0 Å². The summed E-state index contributed by atoms with van der Waals surface area (Å²) in [5.74, 6) is -0.971. The minimum atomic E-state index is -3.50. The fourth-order valence-electron chi connectivity index (χ4n) is 3.14. The number of rotatable bonds is 5. The Labute approximate surface area is 147 Å². The molecule has 0 bridgehead atoms. The first kappa shape index (κ1) is 17.6. The van der Waals surface area contributed by atoms with Crippen molar-refractivity contribution in [2.45, 2.75) is 43.0 Å². The second-order valence-electron chi connectivity index (χ2n) is 6.36. The van der Waals surface area contributed by atoms with Crippen LogP contribution in [0.2, 0.25) is 0 Å². The summed E-state index contributed by atoms with van der Waals surface area (Å²) in [6.45, 7) is 0. The summed E-state index contributed by atoms with van der Waals surface area (Å²) in [6, 6.07) is 13.2. The molecular weight excluding hydrogens is 338 g/mol. The predicted octanol–water partition coefficient (Wildman–Crippen LogP) is 3.66. The number of benzene rings is 2. The highest BCUT2D eigenvalue weighted by Crippen LogP contribution is 2.23. The van der Waals surface area contributed by atoms with E-state index in [-0.39, 0.29) is 16.5 Å². The molecule has 2 aromatic rings. The molecule has 2 N–H and O–H groups in total. The van der Waals surface area contributed by atoms with Crippen LogP contribution in [0, 0.1) is 0 Å². The first-order valence-electron chi connectivity index (χ1n) is 8.42. The first-order valence-corrected chi connectivity index (χ1v) is 9.90. The highest BCUT2D eigenvalue weighted by Gasteiger charge is 2.21. The third-order valence-electron chi connectivity index (χ3n) is 4.56. The van der Waals surface area contributed by atoms with Crippen molar-refractivity contribution < 1.29 is 18.3 Å².